The molecule has 2 aromatic rings. The molecule has 0 aliphatic carbocycles. The summed E-state index contributed by atoms with van der Waals surface area (Å²) < 4.78 is 27.5. The van der Waals surface area contributed by atoms with Crippen LogP contribution in [-0.2, 0) is 0 Å². The second-order valence-electron chi connectivity index (χ2n) is 3.77. The molecule has 2 rings (SSSR count). The van der Waals surface area contributed by atoms with Crippen LogP contribution in [0.3, 0.4) is 0 Å². The molecule has 1 aromatic carbocycles. The normalized spacial score (nSPS) is 10.4. The maximum absolute atomic E-state index is 13.5. The van der Waals surface area contributed by atoms with Gasteiger partial charge in [0.15, 0.2) is 0 Å². The molecular formula is C12H9BrF2N2O. The highest BCUT2D eigenvalue weighted by Crippen LogP contribution is 2.20. The monoisotopic (exact) mass is 314 g/mol. The number of halogens is 3. The number of nitrogens with one attached hydrogen (secondary N) is 2. The Morgan fingerprint density at radius 3 is 2.61 bits per heavy atom. The Bertz CT molecular complexity index is 610. The molecular weight excluding hydrogens is 306 g/mol. The number of benzene rings is 1. The molecule has 18 heavy (non-hydrogen) atoms. The average Bonchev–Trinajstić information content (AvgIpc) is 2.73. The third kappa shape index (κ3) is 2.59. The summed E-state index contributed by atoms with van der Waals surface area (Å²) in [5.74, 6) is -1.78. The van der Waals surface area contributed by atoms with Crippen molar-refractivity contribution in [3.05, 3.63) is 51.8 Å². The van der Waals surface area contributed by atoms with Crippen molar-refractivity contribution < 1.29 is 13.6 Å². The summed E-state index contributed by atoms with van der Waals surface area (Å²) >= 11 is 3.18. The third-order valence-corrected chi connectivity index (χ3v) is 2.85. The van der Waals surface area contributed by atoms with Crippen LogP contribution in [0.15, 0.2) is 28.9 Å². The van der Waals surface area contributed by atoms with Gasteiger partial charge in [-0.25, -0.2) is 8.78 Å². The zero-order valence-corrected chi connectivity index (χ0v) is 10.9. The summed E-state index contributed by atoms with van der Waals surface area (Å²) in [4.78, 5) is 14.4. The lowest BCUT2D eigenvalue weighted by Crippen LogP contribution is -2.13. The van der Waals surface area contributed by atoms with Crippen molar-refractivity contribution >= 4 is 27.5 Å². The fraction of sp³-hybridized carbons (Fsp3) is 0.0833. The van der Waals surface area contributed by atoms with Crippen molar-refractivity contribution in [3.63, 3.8) is 0 Å². The van der Waals surface area contributed by atoms with Crippen molar-refractivity contribution in [2.75, 3.05) is 5.32 Å². The third-order valence-electron chi connectivity index (χ3n) is 2.39. The van der Waals surface area contributed by atoms with Crippen LogP contribution in [0.1, 0.15) is 16.1 Å². The number of rotatable bonds is 2. The second kappa shape index (κ2) is 4.89. The molecule has 1 aromatic heterocycles. The van der Waals surface area contributed by atoms with Gasteiger partial charge in [-0.2, -0.15) is 0 Å². The molecule has 0 bridgehead atoms. The molecule has 0 fully saturated rings. The van der Waals surface area contributed by atoms with Crippen molar-refractivity contribution in [3.8, 4) is 0 Å². The molecule has 2 N–H and O–H groups in total. The predicted octanol–water partition coefficient (Wildman–Crippen LogP) is 3.62. The largest absolute Gasteiger partial charge is 0.356 e. The van der Waals surface area contributed by atoms with Gasteiger partial charge in [0.2, 0.25) is 0 Å². The number of amides is 1. The van der Waals surface area contributed by atoms with Gasteiger partial charge < -0.3 is 10.3 Å². The average molecular weight is 315 g/mol. The van der Waals surface area contributed by atoms with E-state index in [1.165, 1.54) is 13.0 Å². The number of hydrogen-bond acceptors (Lipinski definition) is 1. The number of aromatic amines is 1. The highest BCUT2D eigenvalue weighted by atomic mass is 79.9. The number of aryl methyl sites for hydroxylation is 1. The first-order valence-corrected chi connectivity index (χ1v) is 5.87. The Kier molecular flexibility index (Phi) is 3.47. The van der Waals surface area contributed by atoms with Gasteiger partial charge in [-0.15, -0.1) is 0 Å². The maximum Gasteiger partial charge on any atom is 0.272 e. The Labute approximate surface area is 110 Å². The summed E-state index contributed by atoms with van der Waals surface area (Å²) in [5.41, 5.74) is 0.254. The lowest BCUT2D eigenvalue weighted by atomic mass is 10.2. The number of carbonyl (C=O) groups excluding carboxylic acids is 1. The summed E-state index contributed by atoms with van der Waals surface area (Å²) in [6, 6.07) is 3.54. The minimum atomic E-state index is -0.673. The van der Waals surface area contributed by atoms with E-state index < -0.39 is 17.5 Å². The molecule has 3 nitrogen and oxygen atoms in total. The van der Waals surface area contributed by atoms with Crippen LogP contribution >= 0.6 is 15.9 Å². The van der Waals surface area contributed by atoms with E-state index in [4.69, 9.17) is 0 Å². The van der Waals surface area contributed by atoms with Gasteiger partial charge in [0.1, 0.15) is 17.3 Å². The second-order valence-corrected chi connectivity index (χ2v) is 4.68. The molecule has 0 saturated carbocycles. The zero-order chi connectivity index (χ0) is 13.3. The predicted molar refractivity (Wildman–Crippen MR) is 67.5 cm³/mol. The lowest BCUT2D eigenvalue weighted by Gasteiger charge is -2.06. The fourth-order valence-electron chi connectivity index (χ4n) is 1.43. The molecule has 0 unspecified atom stereocenters. The van der Waals surface area contributed by atoms with Crippen LogP contribution in [0.5, 0.6) is 0 Å². The first kappa shape index (κ1) is 12.8. The van der Waals surface area contributed by atoms with E-state index in [2.05, 4.69) is 26.2 Å². The molecule has 94 valence electrons. The fourth-order valence-corrected chi connectivity index (χ4v) is 1.77. The highest BCUT2D eigenvalue weighted by Gasteiger charge is 2.13. The SMILES string of the molecule is Cc1cc(F)c(NC(=O)c2cc(Br)c[nH]2)cc1F. The molecule has 1 heterocycles. The van der Waals surface area contributed by atoms with Gasteiger partial charge in [-0.1, -0.05) is 0 Å². The van der Waals surface area contributed by atoms with Crippen LogP contribution in [0, 0.1) is 18.6 Å². The first-order chi connectivity index (χ1) is 8.47. The van der Waals surface area contributed by atoms with E-state index >= 15 is 0 Å². The summed E-state index contributed by atoms with van der Waals surface area (Å²) in [6.07, 6.45) is 1.57. The van der Waals surface area contributed by atoms with E-state index in [0.29, 0.717) is 4.47 Å². The van der Waals surface area contributed by atoms with E-state index in [1.807, 2.05) is 0 Å². The summed E-state index contributed by atoms with van der Waals surface area (Å²) in [6.45, 7) is 1.45. The molecule has 0 aliphatic heterocycles. The van der Waals surface area contributed by atoms with Gasteiger partial charge in [0.25, 0.3) is 5.91 Å². The number of aromatic nitrogens is 1. The molecule has 0 spiro atoms. The van der Waals surface area contributed by atoms with Crippen LogP contribution in [0.4, 0.5) is 14.5 Å². The van der Waals surface area contributed by atoms with Crippen molar-refractivity contribution in [1.29, 1.82) is 0 Å². The van der Waals surface area contributed by atoms with Crippen molar-refractivity contribution in [1.82, 2.24) is 4.98 Å². The lowest BCUT2D eigenvalue weighted by molar-refractivity contribution is 0.102. The number of anilines is 1. The molecule has 1 amide bonds. The quantitative estimate of drug-likeness (QED) is 0.873. The van der Waals surface area contributed by atoms with E-state index in [0.717, 1.165) is 12.1 Å². The van der Waals surface area contributed by atoms with Gasteiger partial charge >= 0.3 is 0 Å². The molecule has 0 saturated heterocycles. The van der Waals surface area contributed by atoms with Gasteiger partial charge in [-0.05, 0) is 40.5 Å². The molecule has 0 radical (unpaired) electrons. The van der Waals surface area contributed by atoms with Gasteiger partial charge in [0.05, 0.1) is 5.69 Å². The standard InChI is InChI=1S/C12H9BrF2N2O/c1-6-2-9(15)10(4-8(6)14)17-12(18)11-3-7(13)5-16-11/h2-5,16H,1H3,(H,17,18). The van der Waals surface area contributed by atoms with Gasteiger partial charge in [-0.3, -0.25) is 4.79 Å². The first-order valence-electron chi connectivity index (χ1n) is 5.08. The summed E-state index contributed by atoms with van der Waals surface area (Å²) in [5, 5.41) is 2.30. The van der Waals surface area contributed by atoms with Gasteiger partial charge in [0, 0.05) is 16.7 Å². The number of H-pyrrole nitrogens is 1. The van der Waals surface area contributed by atoms with Crippen LogP contribution in [-0.4, -0.2) is 10.9 Å². The Hall–Kier alpha value is -1.69. The Balaban J connectivity index is 2.24. The van der Waals surface area contributed by atoms with Crippen LogP contribution in [0.2, 0.25) is 0 Å². The van der Waals surface area contributed by atoms with Crippen LogP contribution in [0.25, 0.3) is 0 Å². The van der Waals surface area contributed by atoms with Crippen LogP contribution < -0.4 is 5.32 Å². The van der Waals surface area contributed by atoms with Crippen molar-refractivity contribution in [2.45, 2.75) is 6.92 Å². The highest BCUT2D eigenvalue weighted by molar-refractivity contribution is 9.10. The van der Waals surface area contributed by atoms with Crippen molar-refractivity contribution in [2.24, 2.45) is 0 Å². The minimum absolute atomic E-state index is 0.186. The number of hydrogen-bond donors (Lipinski definition) is 2. The van der Waals surface area contributed by atoms with E-state index in [1.54, 1.807) is 6.20 Å². The molecule has 0 atom stereocenters. The molecule has 0 aliphatic rings. The minimum Gasteiger partial charge on any atom is -0.356 e. The smallest absolute Gasteiger partial charge is 0.272 e. The molecule has 6 heteroatoms. The topological polar surface area (TPSA) is 44.9 Å². The zero-order valence-electron chi connectivity index (χ0n) is 9.35. The summed E-state index contributed by atoms with van der Waals surface area (Å²) in [7, 11) is 0. The number of carbonyl (C=O) groups is 1. The van der Waals surface area contributed by atoms with E-state index in [9.17, 15) is 13.6 Å². The van der Waals surface area contributed by atoms with E-state index in [-0.39, 0.29) is 16.9 Å². The Morgan fingerprint density at radius 2 is 2.00 bits per heavy atom. The Morgan fingerprint density at radius 1 is 1.28 bits per heavy atom. The maximum atomic E-state index is 13.5.